The molecule has 4 heterocycles. The Kier molecular flexibility index (Phi) is 6.22. The monoisotopic (exact) mass is 465 g/mol. The molecule has 1 aliphatic rings. The summed E-state index contributed by atoms with van der Waals surface area (Å²) in [4.78, 5) is 19.1. The largest absolute Gasteiger partial charge is 0.486 e. The van der Waals surface area contributed by atoms with E-state index in [0.717, 1.165) is 57.6 Å². The van der Waals surface area contributed by atoms with Gasteiger partial charge in [0.15, 0.2) is 22.3 Å². The van der Waals surface area contributed by atoms with Gasteiger partial charge in [-0.3, -0.25) is 0 Å². The summed E-state index contributed by atoms with van der Waals surface area (Å²) >= 11 is 1.56. The number of ether oxygens (including phenoxy) is 2. The number of benzene rings is 1. The number of unbranched alkanes of at least 4 members (excludes halogenated alkanes) is 1. The quantitative estimate of drug-likeness (QED) is 0.314. The lowest BCUT2D eigenvalue weighted by molar-refractivity contribution is 0.171. The molecule has 0 unspecified atom stereocenters. The molecule has 0 amide bonds. The van der Waals surface area contributed by atoms with Crippen LogP contribution in [-0.4, -0.2) is 37.7 Å². The SMILES string of the molecule is Cc1ncnc2c1nc(Sc1cc3c(cc1-c1ncco1)OCCO3)n2CCCCC(C)C. The van der Waals surface area contributed by atoms with Crippen LogP contribution in [-0.2, 0) is 6.54 Å². The van der Waals surface area contributed by atoms with Crippen LogP contribution in [0.3, 0.4) is 0 Å². The molecular formula is C24H27N5O3S. The summed E-state index contributed by atoms with van der Waals surface area (Å²) in [5, 5.41) is 0.864. The number of fused-ring (bicyclic) bond motifs is 2. The number of oxazole rings is 1. The lowest BCUT2D eigenvalue weighted by Crippen LogP contribution is -2.15. The van der Waals surface area contributed by atoms with Crippen molar-refractivity contribution >= 4 is 22.9 Å². The number of aryl methyl sites for hydroxylation is 2. The molecule has 0 fully saturated rings. The zero-order valence-corrected chi connectivity index (χ0v) is 19.9. The first-order chi connectivity index (χ1) is 16.1. The van der Waals surface area contributed by atoms with Crippen LogP contribution in [0.1, 0.15) is 38.8 Å². The van der Waals surface area contributed by atoms with Crippen LogP contribution in [0.25, 0.3) is 22.6 Å². The number of hydrogen-bond acceptors (Lipinski definition) is 8. The number of rotatable bonds is 8. The smallest absolute Gasteiger partial charge is 0.227 e. The summed E-state index contributed by atoms with van der Waals surface area (Å²) in [6, 6.07) is 3.92. The highest BCUT2D eigenvalue weighted by Crippen LogP contribution is 2.43. The maximum absolute atomic E-state index is 5.85. The van der Waals surface area contributed by atoms with Crippen molar-refractivity contribution in [1.29, 1.82) is 0 Å². The molecule has 0 saturated carbocycles. The second-order valence-electron chi connectivity index (χ2n) is 8.50. The van der Waals surface area contributed by atoms with Gasteiger partial charge >= 0.3 is 0 Å². The van der Waals surface area contributed by atoms with Crippen LogP contribution in [0.4, 0.5) is 0 Å². The minimum atomic E-state index is 0.522. The third kappa shape index (κ3) is 4.55. The van der Waals surface area contributed by atoms with Crippen molar-refractivity contribution in [2.45, 2.75) is 56.6 Å². The van der Waals surface area contributed by atoms with Crippen molar-refractivity contribution in [2.24, 2.45) is 5.92 Å². The van der Waals surface area contributed by atoms with Gasteiger partial charge in [-0.15, -0.1) is 0 Å². The fourth-order valence-corrected chi connectivity index (χ4v) is 4.95. The second-order valence-corrected chi connectivity index (χ2v) is 9.51. The van der Waals surface area contributed by atoms with Gasteiger partial charge in [0.25, 0.3) is 0 Å². The minimum Gasteiger partial charge on any atom is -0.486 e. The third-order valence-corrected chi connectivity index (χ3v) is 6.65. The highest BCUT2D eigenvalue weighted by atomic mass is 32.2. The molecule has 0 bridgehead atoms. The normalized spacial score (nSPS) is 13.2. The van der Waals surface area contributed by atoms with Gasteiger partial charge in [0.2, 0.25) is 5.89 Å². The zero-order chi connectivity index (χ0) is 22.8. The second kappa shape index (κ2) is 9.43. The Hall–Kier alpha value is -3.07. The third-order valence-electron chi connectivity index (χ3n) is 5.60. The Morgan fingerprint density at radius 1 is 1.06 bits per heavy atom. The Morgan fingerprint density at radius 2 is 1.88 bits per heavy atom. The molecular weight excluding hydrogens is 438 g/mol. The predicted molar refractivity (Wildman–Crippen MR) is 126 cm³/mol. The van der Waals surface area contributed by atoms with E-state index in [9.17, 15) is 0 Å². The first-order valence-corrected chi connectivity index (χ1v) is 12.1. The lowest BCUT2D eigenvalue weighted by atomic mass is 10.1. The van der Waals surface area contributed by atoms with Crippen LogP contribution >= 0.6 is 11.8 Å². The van der Waals surface area contributed by atoms with Gasteiger partial charge in [-0.2, -0.15) is 0 Å². The highest BCUT2D eigenvalue weighted by molar-refractivity contribution is 7.99. The van der Waals surface area contributed by atoms with Gasteiger partial charge in [0.05, 0.1) is 17.5 Å². The molecule has 0 spiro atoms. The van der Waals surface area contributed by atoms with Gasteiger partial charge in [-0.25, -0.2) is 19.9 Å². The van der Waals surface area contributed by atoms with Gasteiger partial charge in [-0.1, -0.05) is 38.5 Å². The molecule has 172 valence electrons. The van der Waals surface area contributed by atoms with Crippen molar-refractivity contribution in [3.8, 4) is 23.0 Å². The van der Waals surface area contributed by atoms with E-state index < -0.39 is 0 Å². The molecule has 0 N–H and O–H groups in total. The summed E-state index contributed by atoms with van der Waals surface area (Å²) in [6.45, 7) is 8.39. The maximum atomic E-state index is 5.85. The Bertz CT molecular complexity index is 1250. The van der Waals surface area contributed by atoms with E-state index in [1.54, 1.807) is 30.5 Å². The van der Waals surface area contributed by atoms with Crippen LogP contribution in [0.15, 0.2) is 45.4 Å². The van der Waals surface area contributed by atoms with Gasteiger partial charge in [0, 0.05) is 11.4 Å². The van der Waals surface area contributed by atoms with Crippen molar-refractivity contribution < 1.29 is 13.9 Å². The van der Waals surface area contributed by atoms with E-state index in [1.807, 2.05) is 19.1 Å². The van der Waals surface area contributed by atoms with Crippen LogP contribution in [0.5, 0.6) is 11.5 Å². The van der Waals surface area contributed by atoms with Crippen molar-refractivity contribution in [3.05, 3.63) is 36.6 Å². The highest BCUT2D eigenvalue weighted by Gasteiger charge is 2.22. The van der Waals surface area contributed by atoms with Crippen molar-refractivity contribution in [1.82, 2.24) is 24.5 Å². The molecule has 0 radical (unpaired) electrons. The summed E-state index contributed by atoms with van der Waals surface area (Å²) in [5.41, 5.74) is 3.41. The molecule has 0 saturated heterocycles. The first-order valence-electron chi connectivity index (χ1n) is 11.3. The molecule has 1 aliphatic heterocycles. The Morgan fingerprint density at radius 3 is 2.64 bits per heavy atom. The molecule has 0 atom stereocenters. The molecule has 8 nitrogen and oxygen atoms in total. The summed E-state index contributed by atoms with van der Waals surface area (Å²) in [5.74, 6) is 2.64. The first kappa shape index (κ1) is 21.8. The van der Waals surface area contributed by atoms with Gasteiger partial charge in [-0.05, 0) is 31.4 Å². The molecule has 0 aliphatic carbocycles. The fraction of sp³-hybridized carbons (Fsp3) is 0.417. The Balaban J connectivity index is 1.55. The minimum absolute atomic E-state index is 0.522. The summed E-state index contributed by atoms with van der Waals surface area (Å²) in [7, 11) is 0. The predicted octanol–water partition coefficient (Wildman–Crippen LogP) is 5.54. The molecule has 9 heteroatoms. The van der Waals surface area contributed by atoms with E-state index in [4.69, 9.17) is 18.9 Å². The van der Waals surface area contributed by atoms with E-state index in [2.05, 4.69) is 33.4 Å². The number of nitrogens with zero attached hydrogens (tertiary/aromatic N) is 5. The Labute approximate surface area is 196 Å². The lowest BCUT2D eigenvalue weighted by Gasteiger charge is -2.20. The molecule has 5 rings (SSSR count). The fourth-order valence-electron chi connectivity index (χ4n) is 3.91. The van der Waals surface area contributed by atoms with Crippen LogP contribution in [0, 0.1) is 12.8 Å². The summed E-state index contributed by atoms with van der Waals surface area (Å²) in [6.07, 6.45) is 8.26. The maximum Gasteiger partial charge on any atom is 0.227 e. The van der Waals surface area contributed by atoms with Crippen molar-refractivity contribution in [2.75, 3.05) is 13.2 Å². The number of aromatic nitrogens is 5. The van der Waals surface area contributed by atoms with E-state index in [-0.39, 0.29) is 0 Å². The molecule has 4 aromatic rings. The summed E-state index contributed by atoms with van der Waals surface area (Å²) < 4.78 is 19.5. The average Bonchev–Trinajstić information content (AvgIpc) is 3.45. The average molecular weight is 466 g/mol. The topological polar surface area (TPSA) is 88.1 Å². The van der Waals surface area contributed by atoms with Crippen LogP contribution < -0.4 is 9.47 Å². The number of imidazole rings is 1. The van der Waals surface area contributed by atoms with E-state index in [0.29, 0.717) is 30.8 Å². The molecule has 3 aromatic heterocycles. The standard InChI is InChI=1S/C24H27N5O3S/c1-15(2)6-4-5-8-29-22-21(16(3)26-14-27-22)28-24(29)33-20-13-19-18(30-10-11-31-19)12-17(20)23-25-7-9-32-23/h7,9,12-15H,4-6,8,10-11H2,1-3H3. The van der Waals surface area contributed by atoms with E-state index >= 15 is 0 Å². The zero-order valence-electron chi connectivity index (χ0n) is 19.1. The van der Waals surface area contributed by atoms with Crippen LogP contribution in [0.2, 0.25) is 0 Å². The molecule has 1 aromatic carbocycles. The van der Waals surface area contributed by atoms with Crippen molar-refractivity contribution in [3.63, 3.8) is 0 Å². The van der Waals surface area contributed by atoms with E-state index in [1.165, 1.54) is 6.42 Å². The van der Waals surface area contributed by atoms with Gasteiger partial charge < -0.3 is 18.5 Å². The van der Waals surface area contributed by atoms with Gasteiger partial charge in [0.1, 0.15) is 31.3 Å². The number of hydrogen-bond donors (Lipinski definition) is 0. The molecule has 33 heavy (non-hydrogen) atoms.